The van der Waals surface area contributed by atoms with Crippen molar-refractivity contribution in [3.05, 3.63) is 27.0 Å². The molecule has 0 spiro atoms. The summed E-state index contributed by atoms with van der Waals surface area (Å²) in [5.74, 6) is 0. The topological polar surface area (TPSA) is 59.1 Å². The number of halogens is 1. The summed E-state index contributed by atoms with van der Waals surface area (Å²) >= 11 is 5.66. The Hall–Kier alpha value is -0.440. The number of hydrogen-bond donors (Lipinski definition) is 1. The molecule has 0 aromatic carbocycles. The van der Waals surface area contributed by atoms with E-state index in [-0.39, 0.29) is 4.21 Å². The molecule has 8 heteroatoms. The molecule has 0 saturated heterocycles. The number of thiazole rings is 1. The molecule has 16 heavy (non-hydrogen) atoms. The van der Waals surface area contributed by atoms with Crippen LogP contribution in [0.25, 0.3) is 0 Å². The summed E-state index contributed by atoms with van der Waals surface area (Å²) < 4.78 is 27.2. The van der Waals surface area contributed by atoms with Crippen LogP contribution in [-0.2, 0) is 10.0 Å². The van der Waals surface area contributed by atoms with Gasteiger partial charge in [-0.3, -0.25) is 4.72 Å². The van der Waals surface area contributed by atoms with E-state index in [9.17, 15) is 8.42 Å². The van der Waals surface area contributed by atoms with Crippen LogP contribution in [0.4, 0.5) is 5.13 Å². The summed E-state index contributed by atoms with van der Waals surface area (Å²) in [6.45, 7) is 1.82. The average molecular weight is 339 g/mol. The normalized spacial score (nSPS) is 11.6. The first-order valence-corrected chi connectivity index (χ1v) is 8.15. The largest absolute Gasteiger partial charge is 0.273 e. The molecule has 0 bridgehead atoms. The monoisotopic (exact) mass is 338 g/mol. The molecule has 86 valence electrons. The number of nitrogens with zero attached hydrogens (tertiary/aromatic N) is 1. The lowest BCUT2D eigenvalue weighted by Crippen LogP contribution is -2.11. The van der Waals surface area contributed by atoms with Gasteiger partial charge >= 0.3 is 0 Å². The van der Waals surface area contributed by atoms with Gasteiger partial charge in [-0.25, -0.2) is 13.4 Å². The van der Waals surface area contributed by atoms with E-state index in [4.69, 9.17) is 0 Å². The van der Waals surface area contributed by atoms with Gasteiger partial charge in [0.2, 0.25) is 0 Å². The van der Waals surface area contributed by atoms with E-state index in [2.05, 4.69) is 25.6 Å². The van der Waals surface area contributed by atoms with Gasteiger partial charge in [-0.1, -0.05) is 0 Å². The second kappa shape index (κ2) is 4.44. The number of sulfonamides is 1. The number of aromatic nitrogens is 1. The Morgan fingerprint density at radius 2 is 2.19 bits per heavy atom. The van der Waals surface area contributed by atoms with Gasteiger partial charge in [0.15, 0.2) is 5.13 Å². The van der Waals surface area contributed by atoms with Gasteiger partial charge in [-0.05, 0) is 35.0 Å². The van der Waals surface area contributed by atoms with Gasteiger partial charge in [0.1, 0.15) is 4.21 Å². The summed E-state index contributed by atoms with van der Waals surface area (Å²) in [7, 11) is -3.49. The van der Waals surface area contributed by atoms with Crippen LogP contribution in [0, 0.1) is 6.92 Å². The van der Waals surface area contributed by atoms with Crippen molar-refractivity contribution >= 4 is 53.8 Å². The lowest BCUT2D eigenvalue weighted by atomic mass is 10.6. The minimum Gasteiger partial charge on any atom is -0.254 e. The van der Waals surface area contributed by atoms with Gasteiger partial charge in [-0.15, -0.1) is 22.7 Å². The smallest absolute Gasteiger partial charge is 0.254 e. The first-order valence-electron chi connectivity index (χ1n) is 4.18. The number of anilines is 1. The van der Waals surface area contributed by atoms with Crippen LogP contribution in [0.15, 0.2) is 25.5 Å². The third kappa shape index (κ3) is 2.62. The molecule has 2 aromatic heterocycles. The zero-order valence-corrected chi connectivity index (χ0v) is 12.1. The van der Waals surface area contributed by atoms with Crippen LogP contribution in [0.5, 0.6) is 0 Å². The molecule has 0 unspecified atom stereocenters. The van der Waals surface area contributed by atoms with E-state index in [1.54, 1.807) is 17.5 Å². The maximum absolute atomic E-state index is 11.9. The van der Waals surface area contributed by atoms with Gasteiger partial charge in [0, 0.05) is 5.38 Å². The molecular weight excluding hydrogens is 332 g/mol. The van der Waals surface area contributed by atoms with Crippen molar-refractivity contribution in [3.63, 3.8) is 0 Å². The highest BCUT2D eigenvalue weighted by molar-refractivity contribution is 9.11. The molecule has 0 amide bonds. The number of hydrogen-bond acceptors (Lipinski definition) is 5. The van der Waals surface area contributed by atoms with Crippen LogP contribution < -0.4 is 4.72 Å². The number of rotatable bonds is 3. The molecular formula is C8H7BrN2O2S3. The molecule has 2 rings (SSSR count). The van der Waals surface area contributed by atoms with Gasteiger partial charge in [0.05, 0.1) is 9.48 Å². The van der Waals surface area contributed by atoms with Crippen molar-refractivity contribution < 1.29 is 8.42 Å². The van der Waals surface area contributed by atoms with Crippen LogP contribution >= 0.6 is 38.6 Å². The second-order valence-electron chi connectivity index (χ2n) is 2.96. The predicted molar refractivity (Wildman–Crippen MR) is 69.7 cm³/mol. The first-order chi connectivity index (χ1) is 7.47. The highest BCUT2D eigenvalue weighted by Crippen LogP contribution is 2.28. The van der Waals surface area contributed by atoms with E-state index in [0.29, 0.717) is 5.13 Å². The Labute approximate surface area is 110 Å². The maximum atomic E-state index is 11.9. The molecule has 0 atom stereocenters. The zero-order chi connectivity index (χ0) is 11.8. The Bertz CT molecular complexity index is 602. The number of aryl methyl sites for hydroxylation is 1. The maximum Gasteiger partial charge on any atom is 0.273 e. The van der Waals surface area contributed by atoms with E-state index >= 15 is 0 Å². The Kier molecular flexibility index (Phi) is 3.34. The van der Waals surface area contributed by atoms with Crippen molar-refractivity contribution in [2.45, 2.75) is 11.1 Å². The predicted octanol–water partition coefficient (Wildman–Crippen LogP) is 3.08. The van der Waals surface area contributed by atoms with Crippen LogP contribution in [0.1, 0.15) is 5.69 Å². The van der Waals surface area contributed by atoms with E-state index in [0.717, 1.165) is 20.8 Å². The summed E-state index contributed by atoms with van der Waals surface area (Å²) in [4.78, 5) is 4.05. The molecule has 0 saturated carbocycles. The van der Waals surface area contributed by atoms with Crippen molar-refractivity contribution in [2.75, 3.05) is 4.72 Å². The summed E-state index contributed by atoms with van der Waals surface area (Å²) in [5, 5.41) is 2.18. The third-order valence-corrected chi connectivity index (χ3v) is 6.11. The molecule has 0 aliphatic carbocycles. The fourth-order valence-corrected chi connectivity index (χ4v) is 4.96. The molecule has 2 heterocycles. The summed E-state index contributed by atoms with van der Waals surface area (Å²) in [6.07, 6.45) is 0. The zero-order valence-electron chi connectivity index (χ0n) is 8.10. The molecule has 0 aliphatic heterocycles. The van der Waals surface area contributed by atoms with Gasteiger partial charge < -0.3 is 0 Å². The molecule has 0 fully saturated rings. The number of thiophene rings is 1. The van der Waals surface area contributed by atoms with E-state index < -0.39 is 10.0 Å². The molecule has 0 radical (unpaired) electrons. The highest BCUT2D eigenvalue weighted by Gasteiger charge is 2.17. The quantitative estimate of drug-likeness (QED) is 0.935. The van der Waals surface area contributed by atoms with Crippen LogP contribution in [0.3, 0.4) is 0 Å². The van der Waals surface area contributed by atoms with Gasteiger partial charge in [-0.2, -0.15) is 0 Å². The molecule has 4 nitrogen and oxygen atoms in total. The van der Waals surface area contributed by atoms with E-state index in [1.807, 2.05) is 6.92 Å². The fraction of sp³-hybridized carbons (Fsp3) is 0.125. The molecule has 2 aromatic rings. The fourth-order valence-electron chi connectivity index (χ4n) is 1.01. The first kappa shape index (κ1) is 12.0. The Morgan fingerprint density at radius 3 is 2.69 bits per heavy atom. The van der Waals surface area contributed by atoms with E-state index in [1.165, 1.54) is 11.3 Å². The number of nitrogens with one attached hydrogen (secondary N) is 1. The molecule has 1 N–H and O–H groups in total. The second-order valence-corrected chi connectivity index (χ2v) is 8.19. The van der Waals surface area contributed by atoms with Crippen molar-refractivity contribution in [3.8, 4) is 0 Å². The lowest BCUT2D eigenvalue weighted by Gasteiger charge is -2.01. The summed E-state index contributed by atoms with van der Waals surface area (Å²) in [6, 6.07) is 3.25. The SMILES string of the molecule is Cc1csc(NS(=O)(=O)c2ccc(Br)s2)n1. The van der Waals surface area contributed by atoms with Gasteiger partial charge in [0.25, 0.3) is 10.0 Å². The van der Waals surface area contributed by atoms with Crippen molar-refractivity contribution in [1.82, 2.24) is 4.98 Å². The minimum atomic E-state index is -3.49. The minimum absolute atomic E-state index is 0.271. The van der Waals surface area contributed by atoms with Crippen LogP contribution in [0.2, 0.25) is 0 Å². The average Bonchev–Trinajstić information content (AvgIpc) is 2.75. The standard InChI is InChI=1S/C8H7BrN2O2S3/c1-5-4-14-8(10-5)11-16(12,13)7-3-2-6(9)15-7/h2-4H,1H3,(H,10,11). The Morgan fingerprint density at radius 1 is 1.44 bits per heavy atom. The van der Waals surface area contributed by atoms with Crippen molar-refractivity contribution in [1.29, 1.82) is 0 Å². The third-order valence-electron chi connectivity index (χ3n) is 1.65. The Balaban J connectivity index is 2.27. The summed E-state index contributed by atoms with van der Waals surface area (Å²) in [5.41, 5.74) is 0.801. The lowest BCUT2D eigenvalue weighted by molar-refractivity contribution is 0.603. The van der Waals surface area contributed by atoms with Crippen LogP contribution in [-0.4, -0.2) is 13.4 Å². The highest BCUT2D eigenvalue weighted by atomic mass is 79.9. The van der Waals surface area contributed by atoms with Crippen molar-refractivity contribution in [2.24, 2.45) is 0 Å². The molecule has 0 aliphatic rings.